The molecule has 1 unspecified atom stereocenters. The number of hydrogen-bond donors (Lipinski definition) is 0. The first kappa shape index (κ1) is 10.8. The average molecular weight is 239 g/mol. The van der Waals surface area contributed by atoms with Crippen molar-refractivity contribution >= 4 is 5.91 Å². The quantitative estimate of drug-likeness (QED) is 0.803. The van der Waals surface area contributed by atoms with Crippen LogP contribution in [0.2, 0.25) is 0 Å². The molecule has 5 nitrogen and oxygen atoms in total. The van der Waals surface area contributed by atoms with Crippen molar-refractivity contribution in [2.75, 3.05) is 20.3 Å². The summed E-state index contributed by atoms with van der Waals surface area (Å²) < 4.78 is 17.5. The highest BCUT2D eigenvalue weighted by Gasteiger charge is 2.32. The molecule has 0 N–H and O–H groups in total. The Hall–Kier alpha value is -1.36. The number of methoxy groups -OCH3 is 1. The first-order valence-corrected chi connectivity index (χ1v) is 5.73. The number of aryl methyl sites for hydroxylation is 2. The van der Waals surface area contributed by atoms with Gasteiger partial charge in [0.25, 0.3) is 5.91 Å². The average Bonchev–Trinajstić information content (AvgIpc) is 2.95. The van der Waals surface area contributed by atoms with Gasteiger partial charge in [-0.15, -0.1) is 0 Å². The molecule has 0 spiro atoms. The second kappa shape index (κ2) is 4.87. The van der Waals surface area contributed by atoms with Gasteiger partial charge < -0.3 is 14.2 Å². The van der Waals surface area contributed by atoms with Gasteiger partial charge in [0.15, 0.2) is 0 Å². The first-order valence-electron chi connectivity index (χ1n) is 6.44. The van der Waals surface area contributed by atoms with Gasteiger partial charge in [-0.05, 0) is 26.7 Å². The van der Waals surface area contributed by atoms with Gasteiger partial charge in [0, 0.05) is 15.0 Å². The van der Waals surface area contributed by atoms with Gasteiger partial charge in [-0.3, -0.25) is 4.79 Å². The third kappa shape index (κ3) is 2.20. The first-order chi connectivity index (χ1) is 8.69. The van der Waals surface area contributed by atoms with Crippen molar-refractivity contribution in [1.29, 1.82) is 0 Å². The molecule has 5 heteroatoms. The van der Waals surface area contributed by atoms with Gasteiger partial charge in [0.05, 0.1) is 18.3 Å². The Labute approximate surface area is 102 Å². The number of aromatic nitrogens is 1. The summed E-state index contributed by atoms with van der Waals surface area (Å²) >= 11 is 0. The van der Waals surface area contributed by atoms with Crippen LogP contribution >= 0.6 is 0 Å². The van der Waals surface area contributed by atoms with Crippen LogP contribution in [-0.4, -0.2) is 42.3 Å². The summed E-state index contributed by atoms with van der Waals surface area (Å²) in [6, 6.07) is 0.121. The topological polar surface area (TPSA) is 55.6 Å². The highest BCUT2D eigenvalue weighted by Crippen LogP contribution is 2.23. The SMILES string of the molecule is [2H]Cc1onc(C)c1C(=O)N1CCCC1COC. The van der Waals surface area contributed by atoms with Crippen molar-refractivity contribution in [3.63, 3.8) is 0 Å². The molecule has 94 valence electrons. The summed E-state index contributed by atoms with van der Waals surface area (Å²) in [6.07, 6.45) is 1.94. The van der Waals surface area contributed by atoms with Gasteiger partial charge in [0.2, 0.25) is 0 Å². The van der Waals surface area contributed by atoms with Crippen LogP contribution in [0.25, 0.3) is 0 Å². The molecule has 0 saturated carbocycles. The van der Waals surface area contributed by atoms with Crippen molar-refractivity contribution in [2.45, 2.75) is 32.7 Å². The summed E-state index contributed by atoms with van der Waals surface area (Å²) in [5.41, 5.74) is 1.01. The number of rotatable bonds is 3. The highest BCUT2D eigenvalue weighted by molar-refractivity contribution is 5.96. The van der Waals surface area contributed by atoms with Gasteiger partial charge in [-0.1, -0.05) is 5.16 Å². The lowest BCUT2D eigenvalue weighted by Crippen LogP contribution is -2.38. The molecule has 0 aliphatic carbocycles. The molecular formula is C12H18N2O3. The molecule has 0 aromatic carbocycles. The fourth-order valence-electron chi connectivity index (χ4n) is 2.30. The van der Waals surface area contributed by atoms with E-state index in [2.05, 4.69) is 5.16 Å². The maximum absolute atomic E-state index is 12.5. The monoisotopic (exact) mass is 239 g/mol. The van der Waals surface area contributed by atoms with E-state index in [9.17, 15) is 4.79 Å². The zero-order valence-electron chi connectivity index (χ0n) is 11.2. The summed E-state index contributed by atoms with van der Waals surface area (Å²) in [7, 11) is 1.64. The Bertz CT molecular complexity index is 433. The van der Waals surface area contributed by atoms with Crippen molar-refractivity contribution < 1.29 is 15.4 Å². The second-order valence-electron chi connectivity index (χ2n) is 4.32. The van der Waals surface area contributed by atoms with Crippen LogP contribution in [0.3, 0.4) is 0 Å². The molecule has 0 bridgehead atoms. The van der Waals surface area contributed by atoms with E-state index >= 15 is 0 Å². The van der Waals surface area contributed by atoms with E-state index in [1.807, 2.05) is 4.90 Å². The number of carbonyl (C=O) groups is 1. The maximum atomic E-state index is 12.5. The zero-order chi connectivity index (χ0) is 13.1. The Balaban J connectivity index is 2.22. The number of amides is 1. The van der Waals surface area contributed by atoms with Crippen LogP contribution in [-0.2, 0) is 4.74 Å². The van der Waals surface area contributed by atoms with E-state index in [1.165, 1.54) is 0 Å². The Morgan fingerprint density at radius 1 is 1.76 bits per heavy atom. The number of carbonyl (C=O) groups excluding carboxylic acids is 1. The number of ether oxygens (including phenoxy) is 1. The van der Waals surface area contributed by atoms with Crippen LogP contribution in [0, 0.1) is 13.8 Å². The minimum absolute atomic E-state index is 0.0648. The predicted octanol–water partition coefficient (Wildman–Crippen LogP) is 1.54. The fraction of sp³-hybridized carbons (Fsp3) is 0.667. The van der Waals surface area contributed by atoms with Crippen LogP contribution in [0.15, 0.2) is 4.52 Å². The molecule has 2 heterocycles. The molecule has 0 radical (unpaired) electrons. The largest absolute Gasteiger partial charge is 0.383 e. The number of nitrogens with zero attached hydrogens (tertiary/aromatic N) is 2. The summed E-state index contributed by atoms with van der Waals surface area (Å²) in [5, 5.41) is 3.78. The summed E-state index contributed by atoms with van der Waals surface area (Å²) in [4.78, 5) is 14.3. The van der Waals surface area contributed by atoms with Crippen LogP contribution in [0.1, 0.15) is 36.0 Å². The van der Waals surface area contributed by atoms with E-state index in [0.29, 0.717) is 23.6 Å². The lowest BCUT2D eigenvalue weighted by atomic mass is 10.1. The van der Waals surface area contributed by atoms with Crippen molar-refractivity contribution in [3.05, 3.63) is 17.0 Å². The maximum Gasteiger partial charge on any atom is 0.259 e. The molecule has 1 aliphatic rings. The molecule has 1 amide bonds. The summed E-state index contributed by atoms with van der Waals surface area (Å²) in [6.45, 7) is 2.95. The molecule has 1 aromatic rings. The molecule has 2 rings (SSSR count). The molecule has 1 aromatic heterocycles. The lowest BCUT2D eigenvalue weighted by Gasteiger charge is -2.23. The lowest BCUT2D eigenvalue weighted by molar-refractivity contribution is 0.0628. The second-order valence-corrected chi connectivity index (χ2v) is 4.32. The van der Waals surface area contributed by atoms with Crippen molar-refractivity contribution in [3.8, 4) is 0 Å². The molecule has 1 atom stereocenters. The smallest absolute Gasteiger partial charge is 0.259 e. The Morgan fingerprint density at radius 3 is 3.29 bits per heavy atom. The number of hydrogen-bond acceptors (Lipinski definition) is 4. The van der Waals surface area contributed by atoms with Crippen molar-refractivity contribution in [2.24, 2.45) is 0 Å². The fourth-order valence-corrected chi connectivity index (χ4v) is 2.30. The van der Waals surface area contributed by atoms with E-state index in [-0.39, 0.29) is 18.8 Å². The predicted molar refractivity (Wildman–Crippen MR) is 61.9 cm³/mol. The van der Waals surface area contributed by atoms with E-state index in [1.54, 1.807) is 14.0 Å². The van der Waals surface area contributed by atoms with Gasteiger partial charge in [0.1, 0.15) is 11.3 Å². The molecular weight excluding hydrogens is 220 g/mol. The Kier molecular flexibility index (Phi) is 3.09. The minimum Gasteiger partial charge on any atom is -0.383 e. The molecule has 1 aliphatic heterocycles. The third-order valence-corrected chi connectivity index (χ3v) is 3.14. The van der Waals surface area contributed by atoms with Crippen LogP contribution < -0.4 is 0 Å². The van der Waals surface area contributed by atoms with E-state index < -0.39 is 0 Å². The Morgan fingerprint density at radius 2 is 2.59 bits per heavy atom. The van der Waals surface area contributed by atoms with E-state index in [4.69, 9.17) is 10.6 Å². The third-order valence-electron chi connectivity index (χ3n) is 3.14. The molecule has 17 heavy (non-hydrogen) atoms. The van der Waals surface area contributed by atoms with Crippen LogP contribution in [0.5, 0.6) is 0 Å². The van der Waals surface area contributed by atoms with Gasteiger partial charge >= 0.3 is 0 Å². The normalized spacial score (nSPS) is 20.7. The molecule has 1 fully saturated rings. The molecule has 1 saturated heterocycles. The van der Waals surface area contributed by atoms with Crippen molar-refractivity contribution in [1.82, 2.24) is 10.1 Å². The zero-order valence-corrected chi connectivity index (χ0v) is 10.2. The standard InChI is InChI=1S/C12H18N2O3/c1-8-11(9(2)17-13-8)12(15)14-6-4-5-10(14)7-16-3/h10H,4-7H2,1-3H3/i2D. The minimum atomic E-state index is -0.0875. The number of likely N-dealkylation sites (tertiary alicyclic amines) is 1. The van der Waals surface area contributed by atoms with Gasteiger partial charge in [-0.2, -0.15) is 0 Å². The highest BCUT2D eigenvalue weighted by atomic mass is 16.5. The van der Waals surface area contributed by atoms with E-state index in [0.717, 1.165) is 19.4 Å². The summed E-state index contributed by atoms with van der Waals surface area (Å²) in [5.74, 6) is 0.260. The van der Waals surface area contributed by atoms with Crippen LogP contribution in [0.4, 0.5) is 0 Å². The van der Waals surface area contributed by atoms with Gasteiger partial charge in [-0.25, -0.2) is 0 Å².